The first-order valence-corrected chi connectivity index (χ1v) is 15.8. The van der Waals surface area contributed by atoms with Gasteiger partial charge in [0.2, 0.25) is 5.95 Å². The predicted octanol–water partition coefficient (Wildman–Crippen LogP) is 8.83. The molecule has 2 aromatic rings. The van der Waals surface area contributed by atoms with Gasteiger partial charge in [0.1, 0.15) is 23.2 Å². The molecule has 1 aromatic carbocycles. The van der Waals surface area contributed by atoms with Gasteiger partial charge in [0.15, 0.2) is 5.82 Å². The fourth-order valence-corrected chi connectivity index (χ4v) is 5.81. The van der Waals surface area contributed by atoms with Crippen molar-refractivity contribution < 1.29 is 13.2 Å². The van der Waals surface area contributed by atoms with Gasteiger partial charge < -0.3 is 15.5 Å². The molecule has 1 aliphatic carbocycles. The number of hydrogen-bond donors (Lipinski definition) is 2. The van der Waals surface area contributed by atoms with Gasteiger partial charge >= 0.3 is 0 Å². The molecule has 0 bridgehead atoms. The standard InChI is InChI=1S/C36H45F3N6/c1-8-30(37)34(31(38)9-2)45-23(5)17-18-28-33(42-36(43-35(28)45)40-19-14-20-44(10-3)11-4)29-21-26(22-32(39)24(29)6)25(7)41-27-15-12-13-16-27/h8-9,17-18,21-22,27,41H,1,5,7,10-16,19-20H2,2-4,6H3,(H,40,42,43)/b31-9+,34-30-. The third-order valence-corrected chi connectivity index (χ3v) is 8.49. The van der Waals surface area contributed by atoms with Crippen molar-refractivity contribution in [3.8, 4) is 11.3 Å². The van der Waals surface area contributed by atoms with Crippen molar-refractivity contribution >= 4 is 23.5 Å². The summed E-state index contributed by atoms with van der Waals surface area (Å²) in [5.74, 6) is -1.61. The molecular formula is C36H45F3N6. The number of halogens is 3. The molecule has 6 nitrogen and oxygen atoms in total. The summed E-state index contributed by atoms with van der Waals surface area (Å²) in [7, 11) is 0. The highest BCUT2D eigenvalue weighted by molar-refractivity contribution is 5.88. The molecule has 240 valence electrons. The van der Waals surface area contributed by atoms with Gasteiger partial charge in [-0.05, 0) is 94.7 Å². The molecule has 0 unspecified atom stereocenters. The second kappa shape index (κ2) is 15.3. The van der Waals surface area contributed by atoms with Gasteiger partial charge in [-0.1, -0.05) is 46.4 Å². The van der Waals surface area contributed by atoms with Crippen LogP contribution in [0.3, 0.4) is 0 Å². The second-order valence-corrected chi connectivity index (χ2v) is 11.4. The van der Waals surface area contributed by atoms with Crippen LogP contribution in [0.15, 0.2) is 73.1 Å². The zero-order valence-electron chi connectivity index (χ0n) is 26.9. The third-order valence-electron chi connectivity index (χ3n) is 8.49. The Kier molecular flexibility index (Phi) is 11.4. The van der Waals surface area contributed by atoms with E-state index in [0.717, 1.165) is 57.8 Å². The quantitative estimate of drug-likeness (QED) is 0.163. The second-order valence-electron chi connectivity index (χ2n) is 11.4. The first-order chi connectivity index (χ1) is 21.6. The van der Waals surface area contributed by atoms with Crippen LogP contribution in [-0.4, -0.2) is 47.1 Å². The van der Waals surface area contributed by atoms with E-state index >= 15 is 13.2 Å². The summed E-state index contributed by atoms with van der Waals surface area (Å²) in [6.07, 6.45) is 10.7. The van der Waals surface area contributed by atoms with E-state index in [1.165, 1.54) is 24.0 Å². The average Bonchev–Trinajstić information content (AvgIpc) is 3.55. The molecule has 1 fully saturated rings. The zero-order chi connectivity index (χ0) is 32.7. The number of anilines is 2. The molecular weight excluding hydrogens is 573 g/mol. The number of rotatable bonds is 14. The van der Waals surface area contributed by atoms with E-state index in [1.807, 2.05) is 6.07 Å². The Morgan fingerprint density at radius 1 is 1.13 bits per heavy atom. The molecule has 0 spiro atoms. The smallest absolute Gasteiger partial charge is 0.225 e. The first kappa shape index (κ1) is 33.8. The molecule has 2 aliphatic rings. The normalized spacial score (nSPS) is 15.8. The minimum atomic E-state index is -0.875. The maximum Gasteiger partial charge on any atom is 0.225 e. The summed E-state index contributed by atoms with van der Waals surface area (Å²) in [5.41, 5.74) is 2.99. The van der Waals surface area contributed by atoms with Crippen LogP contribution in [0.1, 0.15) is 69.6 Å². The van der Waals surface area contributed by atoms with Crippen LogP contribution in [0, 0.1) is 12.7 Å². The highest BCUT2D eigenvalue weighted by Gasteiger charge is 2.30. The lowest BCUT2D eigenvalue weighted by atomic mass is 9.95. The lowest BCUT2D eigenvalue weighted by molar-refractivity contribution is 0.303. The monoisotopic (exact) mass is 618 g/mol. The maximum atomic E-state index is 15.6. The van der Waals surface area contributed by atoms with E-state index in [0.29, 0.717) is 51.9 Å². The van der Waals surface area contributed by atoms with Crippen LogP contribution in [0.2, 0.25) is 0 Å². The van der Waals surface area contributed by atoms with Gasteiger partial charge in [-0.3, -0.25) is 4.90 Å². The van der Waals surface area contributed by atoms with Crippen LogP contribution >= 0.6 is 0 Å². The van der Waals surface area contributed by atoms with Gasteiger partial charge in [-0.2, -0.15) is 4.98 Å². The maximum absolute atomic E-state index is 15.6. The fraction of sp³-hybridized carbons (Fsp3) is 0.389. The predicted molar refractivity (Wildman–Crippen MR) is 181 cm³/mol. The summed E-state index contributed by atoms with van der Waals surface area (Å²) in [6.45, 7) is 22.5. The molecule has 4 rings (SSSR count). The average molecular weight is 619 g/mol. The summed E-state index contributed by atoms with van der Waals surface area (Å²) >= 11 is 0. The van der Waals surface area contributed by atoms with Gasteiger partial charge in [0, 0.05) is 40.7 Å². The van der Waals surface area contributed by atoms with Gasteiger partial charge in [0.25, 0.3) is 0 Å². The Morgan fingerprint density at radius 2 is 1.84 bits per heavy atom. The van der Waals surface area contributed by atoms with Gasteiger partial charge in [-0.15, -0.1) is 0 Å². The van der Waals surface area contributed by atoms with E-state index in [2.05, 4.69) is 49.1 Å². The minimum Gasteiger partial charge on any atom is -0.382 e. The van der Waals surface area contributed by atoms with Crippen LogP contribution in [0.25, 0.3) is 23.0 Å². The largest absolute Gasteiger partial charge is 0.382 e. The summed E-state index contributed by atoms with van der Waals surface area (Å²) in [4.78, 5) is 13.3. The highest BCUT2D eigenvalue weighted by atomic mass is 19.1. The topological polar surface area (TPSA) is 56.3 Å². The zero-order valence-corrected chi connectivity index (χ0v) is 26.9. The lowest BCUT2D eigenvalue weighted by Crippen LogP contribution is -2.27. The number of fused-ring (bicyclic) bond motifs is 1. The Hall–Kier alpha value is -4.11. The molecule has 2 heterocycles. The lowest BCUT2D eigenvalue weighted by Gasteiger charge is -2.31. The molecule has 2 N–H and O–H groups in total. The van der Waals surface area contributed by atoms with Gasteiger partial charge in [-0.25, -0.2) is 18.2 Å². The van der Waals surface area contributed by atoms with Crippen molar-refractivity contribution in [2.24, 2.45) is 0 Å². The Bertz CT molecular complexity index is 1530. The molecule has 0 radical (unpaired) electrons. The van der Waals surface area contributed by atoms with Crippen molar-refractivity contribution in [2.75, 3.05) is 36.4 Å². The van der Waals surface area contributed by atoms with Crippen molar-refractivity contribution in [3.63, 3.8) is 0 Å². The van der Waals surface area contributed by atoms with Crippen LogP contribution in [0.4, 0.5) is 24.9 Å². The van der Waals surface area contributed by atoms with E-state index in [4.69, 9.17) is 9.97 Å². The Balaban J connectivity index is 1.87. The van der Waals surface area contributed by atoms with Gasteiger partial charge in [0.05, 0.1) is 5.69 Å². The molecule has 0 atom stereocenters. The summed E-state index contributed by atoms with van der Waals surface area (Å²) in [5, 5.41) is 6.76. The summed E-state index contributed by atoms with van der Waals surface area (Å²) in [6, 6.07) is 3.65. The van der Waals surface area contributed by atoms with Crippen molar-refractivity contribution in [1.82, 2.24) is 20.2 Å². The van der Waals surface area contributed by atoms with E-state index in [9.17, 15) is 0 Å². The van der Waals surface area contributed by atoms with Crippen molar-refractivity contribution in [1.29, 1.82) is 0 Å². The van der Waals surface area contributed by atoms with Crippen molar-refractivity contribution in [3.05, 3.63) is 95.7 Å². The fourth-order valence-electron chi connectivity index (χ4n) is 5.81. The molecule has 1 aromatic heterocycles. The van der Waals surface area contributed by atoms with E-state index in [-0.39, 0.29) is 17.5 Å². The molecule has 45 heavy (non-hydrogen) atoms. The number of benzene rings is 1. The summed E-state index contributed by atoms with van der Waals surface area (Å²) < 4.78 is 46.2. The molecule has 1 saturated carbocycles. The highest BCUT2D eigenvalue weighted by Crippen LogP contribution is 2.42. The van der Waals surface area contributed by atoms with Crippen LogP contribution in [-0.2, 0) is 0 Å². The first-order valence-electron chi connectivity index (χ1n) is 15.8. The minimum absolute atomic E-state index is 0.218. The van der Waals surface area contributed by atoms with Crippen molar-refractivity contribution in [2.45, 2.75) is 65.8 Å². The number of nitrogens with zero attached hydrogens (tertiary/aromatic N) is 4. The molecule has 0 saturated heterocycles. The number of allylic oxidation sites excluding steroid dienone is 5. The SMILES string of the molecule is C=C/C(F)=C(\C(F)=C/C)N1C(=C)C=Cc2c(-c3cc(C(=C)NC4CCCC4)cc(F)c3C)nc(NCCCN(CC)CC)nc21. The van der Waals surface area contributed by atoms with E-state index in [1.54, 1.807) is 19.1 Å². The van der Waals surface area contributed by atoms with Crippen LogP contribution in [0.5, 0.6) is 0 Å². The molecule has 0 amide bonds. The number of hydrogen-bond acceptors (Lipinski definition) is 6. The van der Waals surface area contributed by atoms with E-state index < -0.39 is 17.5 Å². The molecule has 1 aliphatic heterocycles. The number of nitrogens with one attached hydrogen (secondary N) is 2. The molecule has 9 heteroatoms. The Morgan fingerprint density at radius 3 is 2.49 bits per heavy atom. The third kappa shape index (κ3) is 7.59. The van der Waals surface area contributed by atoms with Crippen LogP contribution < -0.4 is 15.5 Å². The number of aromatic nitrogens is 2. The Labute approximate surface area is 265 Å².